The minimum Gasteiger partial charge on any atom is -0.463 e. The van der Waals surface area contributed by atoms with E-state index in [1.54, 1.807) is 23.7 Å². The van der Waals surface area contributed by atoms with Gasteiger partial charge in [0, 0.05) is 15.8 Å². The lowest BCUT2D eigenvalue weighted by Crippen LogP contribution is -2.30. The second kappa shape index (κ2) is 10.8. The van der Waals surface area contributed by atoms with Gasteiger partial charge in [0.05, 0.1) is 17.9 Å². The molecule has 0 aliphatic carbocycles. The van der Waals surface area contributed by atoms with Crippen LogP contribution in [0, 0.1) is 0 Å². The first-order chi connectivity index (χ1) is 17.5. The van der Waals surface area contributed by atoms with Crippen molar-refractivity contribution in [3.63, 3.8) is 0 Å². The van der Waals surface area contributed by atoms with Crippen LogP contribution >= 0.6 is 35.0 Å². The van der Waals surface area contributed by atoms with E-state index in [1.165, 1.54) is 11.8 Å². The van der Waals surface area contributed by atoms with Gasteiger partial charge in [0.15, 0.2) is 0 Å². The summed E-state index contributed by atoms with van der Waals surface area (Å²) in [6.07, 6.45) is 0. The summed E-state index contributed by atoms with van der Waals surface area (Å²) >= 11 is 13.7. The molecule has 5 rings (SSSR count). The van der Waals surface area contributed by atoms with E-state index >= 15 is 0 Å². The summed E-state index contributed by atoms with van der Waals surface area (Å²) in [6.45, 7) is 2.05. The molecular formula is C27H22Cl2N4O2S. The highest BCUT2D eigenvalue weighted by Crippen LogP contribution is 2.40. The van der Waals surface area contributed by atoms with Crippen LogP contribution in [0.1, 0.15) is 29.7 Å². The summed E-state index contributed by atoms with van der Waals surface area (Å²) in [5.41, 5.74) is 3.90. The van der Waals surface area contributed by atoms with Crippen molar-refractivity contribution in [2.24, 2.45) is 0 Å². The number of benzene rings is 3. The number of fused-ring (bicyclic) bond motifs is 1. The predicted molar refractivity (Wildman–Crippen MR) is 144 cm³/mol. The zero-order chi connectivity index (χ0) is 25.1. The number of nitrogens with zero attached hydrogens (tertiary/aromatic N) is 3. The normalized spacial score (nSPS) is 14.8. The van der Waals surface area contributed by atoms with Gasteiger partial charge in [-0.2, -0.15) is 4.98 Å². The van der Waals surface area contributed by atoms with E-state index < -0.39 is 12.0 Å². The van der Waals surface area contributed by atoms with Gasteiger partial charge < -0.3 is 10.1 Å². The Bertz CT molecular complexity index is 1400. The molecule has 3 aromatic carbocycles. The fourth-order valence-corrected chi connectivity index (χ4v) is 5.04. The second-order valence-corrected chi connectivity index (χ2v) is 9.85. The number of carbonyl (C=O) groups is 1. The maximum Gasteiger partial charge on any atom is 0.338 e. The van der Waals surface area contributed by atoms with E-state index in [-0.39, 0.29) is 6.61 Å². The molecular weight excluding hydrogens is 515 g/mol. The Morgan fingerprint density at radius 2 is 1.67 bits per heavy atom. The number of anilines is 1. The third-order valence-corrected chi connectivity index (χ3v) is 7.07. The lowest BCUT2D eigenvalue weighted by atomic mass is 9.93. The van der Waals surface area contributed by atoms with Crippen LogP contribution in [-0.2, 0) is 15.3 Å². The van der Waals surface area contributed by atoms with Crippen LogP contribution in [0.5, 0.6) is 0 Å². The summed E-state index contributed by atoms with van der Waals surface area (Å²) < 4.78 is 7.25. The number of thioether (sulfide) groups is 1. The van der Waals surface area contributed by atoms with E-state index in [2.05, 4.69) is 5.32 Å². The largest absolute Gasteiger partial charge is 0.463 e. The number of ether oxygens (including phenoxy) is 1. The molecule has 2 heterocycles. The summed E-state index contributed by atoms with van der Waals surface area (Å²) in [5, 5.41) is 10.0. The molecule has 0 saturated heterocycles. The number of halogens is 2. The van der Waals surface area contributed by atoms with Crippen LogP contribution in [0.4, 0.5) is 5.95 Å². The topological polar surface area (TPSA) is 69.0 Å². The molecule has 36 heavy (non-hydrogen) atoms. The second-order valence-electron chi connectivity index (χ2n) is 8.03. The molecule has 0 spiro atoms. The molecule has 1 N–H and O–H groups in total. The predicted octanol–water partition coefficient (Wildman–Crippen LogP) is 6.87. The van der Waals surface area contributed by atoms with Crippen molar-refractivity contribution >= 4 is 52.6 Å². The Kier molecular flexibility index (Phi) is 7.32. The average molecular weight is 537 g/mol. The quantitative estimate of drug-likeness (QED) is 0.205. The van der Waals surface area contributed by atoms with E-state index in [1.807, 2.05) is 66.7 Å². The molecule has 1 unspecified atom stereocenters. The van der Waals surface area contributed by atoms with Gasteiger partial charge in [-0.15, -0.1) is 5.10 Å². The molecule has 1 atom stereocenters. The van der Waals surface area contributed by atoms with Gasteiger partial charge in [0.1, 0.15) is 6.04 Å². The van der Waals surface area contributed by atoms with E-state index in [9.17, 15) is 4.79 Å². The number of hydrogen-bond donors (Lipinski definition) is 1. The van der Waals surface area contributed by atoms with Crippen molar-refractivity contribution < 1.29 is 9.53 Å². The first-order valence-electron chi connectivity index (χ1n) is 11.4. The van der Waals surface area contributed by atoms with Gasteiger partial charge in [-0.25, -0.2) is 9.48 Å². The van der Waals surface area contributed by atoms with Crippen molar-refractivity contribution in [2.75, 3.05) is 11.9 Å². The zero-order valence-corrected chi connectivity index (χ0v) is 21.6. The highest BCUT2D eigenvalue weighted by molar-refractivity contribution is 7.98. The van der Waals surface area contributed by atoms with Crippen LogP contribution in [-0.4, -0.2) is 27.3 Å². The lowest BCUT2D eigenvalue weighted by molar-refractivity contribution is -0.138. The Labute approximate surface area is 223 Å². The molecule has 6 nitrogen and oxygen atoms in total. The smallest absolute Gasteiger partial charge is 0.338 e. The summed E-state index contributed by atoms with van der Waals surface area (Å²) in [6, 6.07) is 24.2. The van der Waals surface area contributed by atoms with Gasteiger partial charge in [0.2, 0.25) is 11.1 Å². The Hall–Kier alpha value is -3.26. The standard InChI is InChI=1S/C27H22Cl2N4O2S/c1-2-35-25(34)22-23(18-6-4-3-5-7-18)30-26-31-27(36-16-17-8-12-20(28)13-9-17)32-33(26)24(22)19-10-14-21(29)15-11-19/h3-15,24H,2,16H2,1H3,(H,30,31,32). The minimum absolute atomic E-state index is 0.254. The van der Waals surface area contributed by atoms with Crippen LogP contribution in [0.3, 0.4) is 0 Å². The molecule has 0 bridgehead atoms. The van der Waals surface area contributed by atoms with Gasteiger partial charge in [-0.3, -0.25) is 0 Å². The highest BCUT2D eigenvalue weighted by Gasteiger charge is 2.37. The molecule has 0 amide bonds. The van der Waals surface area contributed by atoms with Crippen LogP contribution in [0.2, 0.25) is 10.0 Å². The Balaban J connectivity index is 1.59. The van der Waals surface area contributed by atoms with Crippen LogP contribution in [0.25, 0.3) is 5.70 Å². The van der Waals surface area contributed by atoms with Crippen LogP contribution < -0.4 is 5.32 Å². The summed E-state index contributed by atoms with van der Waals surface area (Å²) in [5.74, 6) is 0.802. The lowest BCUT2D eigenvalue weighted by Gasteiger charge is -2.29. The molecule has 9 heteroatoms. The number of nitrogens with one attached hydrogen (secondary N) is 1. The Morgan fingerprint density at radius 3 is 2.33 bits per heavy atom. The molecule has 1 aliphatic heterocycles. The van der Waals surface area contributed by atoms with E-state index in [0.29, 0.717) is 38.2 Å². The maximum absolute atomic E-state index is 13.4. The number of aromatic nitrogens is 3. The van der Waals surface area contributed by atoms with Crippen molar-refractivity contribution in [1.29, 1.82) is 0 Å². The minimum atomic E-state index is -0.551. The molecule has 182 valence electrons. The summed E-state index contributed by atoms with van der Waals surface area (Å²) in [7, 11) is 0. The van der Waals surface area contributed by atoms with Crippen molar-refractivity contribution in [3.05, 3.63) is 111 Å². The molecule has 1 aromatic heterocycles. The first kappa shape index (κ1) is 24.4. The first-order valence-corrected chi connectivity index (χ1v) is 13.1. The van der Waals surface area contributed by atoms with E-state index in [4.69, 9.17) is 38.0 Å². The highest BCUT2D eigenvalue weighted by atomic mass is 35.5. The third kappa shape index (κ3) is 5.14. The monoisotopic (exact) mass is 536 g/mol. The van der Waals surface area contributed by atoms with Gasteiger partial charge in [-0.05, 0) is 47.9 Å². The number of rotatable bonds is 7. The van der Waals surface area contributed by atoms with Crippen molar-refractivity contribution in [1.82, 2.24) is 14.8 Å². The molecule has 0 fully saturated rings. The maximum atomic E-state index is 13.4. The summed E-state index contributed by atoms with van der Waals surface area (Å²) in [4.78, 5) is 18.1. The molecule has 0 saturated carbocycles. The number of hydrogen-bond acceptors (Lipinski definition) is 6. The van der Waals surface area contributed by atoms with Crippen molar-refractivity contribution in [3.8, 4) is 0 Å². The average Bonchev–Trinajstić information content (AvgIpc) is 3.31. The fourth-order valence-electron chi connectivity index (χ4n) is 4.00. The third-order valence-electron chi connectivity index (χ3n) is 5.66. The molecule has 4 aromatic rings. The molecule has 1 aliphatic rings. The SMILES string of the molecule is CCOC(=O)C1=C(c2ccccc2)Nc2nc(SCc3ccc(Cl)cc3)nn2C1c1ccc(Cl)cc1. The Morgan fingerprint density at radius 1 is 1.00 bits per heavy atom. The molecule has 0 radical (unpaired) electrons. The van der Waals surface area contributed by atoms with Crippen LogP contribution in [0.15, 0.2) is 89.6 Å². The zero-order valence-electron chi connectivity index (χ0n) is 19.3. The fraction of sp³-hybridized carbons (Fsp3) is 0.148. The number of carbonyl (C=O) groups excluding carboxylic acids is 1. The van der Waals surface area contributed by atoms with Gasteiger partial charge in [-0.1, -0.05) is 89.6 Å². The van der Waals surface area contributed by atoms with Crippen molar-refractivity contribution in [2.45, 2.75) is 23.9 Å². The van der Waals surface area contributed by atoms with E-state index in [0.717, 1.165) is 16.7 Å². The van der Waals surface area contributed by atoms with Gasteiger partial charge >= 0.3 is 5.97 Å². The number of esters is 1. The van der Waals surface area contributed by atoms with Gasteiger partial charge in [0.25, 0.3) is 0 Å².